The van der Waals surface area contributed by atoms with Crippen molar-refractivity contribution in [1.82, 2.24) is 9.29 Å². The lowest BCUT2D eigenvalue weighted by Gasteiger charge is -2.29. The highest BCUT2D eigenvalue weighted by atomic mass is 32.2. The second-order valence-corrected chi connectivity index (χ2v) is 9.70. The lowest BCUT2D eigenvalue weighted by atomic mass is 10.1. The summed E-state index contributed by atoms with van der Waals surface area (Å²) in [5.74, 6) is 1.01. The van der Waals surface area contributed by atoms with E-state index in [1.54, 1.807) is 12.1 Å². The molecule has 2 N–H and O–H groups in total. The maximum absolute atomic E-state index is 13.0. The molecular weight excluding hydrogens is 404 g/mol. The van der Waals surface area contributed by atoms with Crippen molar-refractivity contribution < 1.29 is 17.9 Å². The van der Waals surface area contributed by atoms with Crippen molar-refractivity contribution in [1.29, 1.82) is 0 Å². The summed E-state index contributed by atoms with van der Waals surface area (Å²) in [5.41, 5.74) is 1.57. The van der Waals surface area contributed by atoms with E-state index in [1.165, 1.54) is 10.5 Å². The third-order valence-corrected chi connectivity index (χ3v) is 7.07. The molecular formula is C21H28N4O4S. The minimum atomic E-state index is -3.62. The van der Waals surface area contributed by atoms with Gasteiger partial charge in [0.05, 0.1) is 11.7 Å². The lowest BCUT2D eigenvalue weighted by Crippen LogP contribution is -2.41. The third kappa shape index (κ3) is 4.57. The maximum atomic E-state index is 13.0. The van der Waals surface area contributed by atoms with E-state index in [2.05, 4.69) is 15.6 Å². The molecule has 1 amide bonds. The molecule has 3 rings (SSSR count). The zero-order valence-corrected chi connectivity index (χ0v) is 18.7. The summed E-state index contributed by atoms with van der Waals surface area (Å²) in [6.45, 7) is 9.40. The van der Waals surface area contributed by atoms with Crippen LogP contribution in [0.15, 0.2) is 41.4 Å². The van der Waals surface area contributed by atoms with Gasteiger partial charge in [0, 0.05) is 18.3 Å². The largest absolute Gasteiger partial charge is 0.482 e. The summed E-state index contributed by atoms with van der Waals surface area (Å²) in [6.07, 6.45) is 1.38. The van der Waals surface area contributed by atoms with Gasteiger partial charge in [-0.1, -0.05) is 6.07 Å². The molecule has 0 saturated heterocycles. The van der Waals surface area contributed by atoms with Gasteiger partial charge in [0.15, 0.2) is 6.61 Å². The number of anilines is 2. The first kappa shape index (κ1) is 22.0. The average molecular weight is 433 g/mol. The molecule has 1 aromatic heterocycles. The Morgan fingerprint density at radius 3 is 2.40 bits per heavy atom. The number of fused-ring (bicyclic) bond motifs is 1. The molecule has 2 aromatic rings. The van der Waals surface area contributed by atoms with Gasteiger partial charge in [-0.2, -0.15) is 4.31 Å². The van der Waals surface area contributed by atoms with Gasteiger partial charge in [-0.05, 0) is 64.4 Å². The van der Waals surface area contributed by atoms with Crippen molar-refractivity contribution in [2.75, 3.05) is 17.2 Å². The number of benzene rings is 1. The van der Waals surface area contributed by atoms with Gasteiger partial charge in [0.1, 0.15) is 16.5 Å². The number of nitrogens with one attached hydrogen (secondary N) is 2. The van der Waals surface area contributed by atoms with Crippen molar-refractivity contribution in [2.24, 2.45) is 0 Å². The van der Waals surface area contributed by atoms with Gasteiger partial charge in [-0.15, -0.1) is 0 Å². The van der Waals surface area contributed by atoms with Gasteiger partial charge < -0.3 is 15.4 Å². The zero-order chi connectivity index (χ0) is 22.1. The van der Waals surface area contributed by atoms with E-state index in [9.17, 15) is 13.2 Å². The van der Waals surface area contributed by atoms with Gasteiger partial charge in [0.2, 0.25) is 10.0 Å². The highest BCUT2D eigenvalue weighted by molar-refractivity contribution is 7.89. The third-order valence-electron chi connectivity index (χ3n) is 4.83. The second-order valence-electron chi connectivity index (χ2n) is 7.86. The Morgan fingerprint density at radius 1 is 1.10 bits per heavy atom. The van der Waals surface area contributed by atoms with E-state index in [1.807, 2.05) is 52.8 Å². The molecule has 1 aliphatic heterocycles. The SMILES string of the molecule is CC(Nc1ccc(S(=O)(=O)N(C(C)C)C(C)C)cn1)c1ccc2c(c1)NC(=O)CO2. The number of aromatic nitrogens is 1. The lowest BCUT2D eigenvalue weighted by molar-refractivity contribution is -0.118. The average Bonchev–Trinajstić information content (AvgIpc) is 2.66. The normalized spacial score (nSPS) is 15.0. The van der Waals surface area contributed by atoms with E-state index in [0.29, 0.717) is 17.3 Å². The maximum Gasteiger partial charge on any atom is 0.262 e. The van der Waals surface area contributed by atoms with E-state index in [4.69, 9.17) is 4.74 Å². The molecule has 1 aromatic carbocycles. The van der Waals surface area contributed by atoms with Crippen LogP contribution in [0.1, 0.15) is 46.2 Å². The first-order chi connectivity index (χ1) is 14.1. The van der Waals surface area contributed by atoms with Crippen molar-refractivity contribution in [3.05, 3.63) is 42.1 Å². The number of rotatable bonds is 7. The molecule has 0 radical (unpaired) electrons. The first-order valence-electron chi connectivity index (χ1n) is 9.92. The van der Waals surface area contributed by atoms with Crippen LogP contribution >= 0.6 is 0 Å². The highest BCUT2D eigenvalue weighted by Gasteiger charge is 2.29. The number of hydrogen-bond acceptors (Lipinski definition) is 6. The summed E-state index contributed by atoms with van der Waals surface area (Å²) in [6, 6.07) is 8.39. The van der Waals surface area contributed by atoms with E-state index in [-0.39, 0.29) is 35.5 Å². The number of amides is 1. The fourth-order valence-electron chi connectivity index (χ4n) is 3.57. The second kappa shape index (κ2) is 8.61. The van der Waals surface area contributed by atoms with Crippen LogP contribution in [0.4, 0.5) is 11.5 Å². The molecule has 30 heavy (non-hydrogen) atoms. The van der Waals surface area contributed by atoms with Gasteiger partial charge >= 0.3 is 0 Å². The number of ether oxygens (including phenoxy) is 1. The fraction of sp³-hybridized carbons (Fsp3) is 0.429. The van der Waals surface area contributed by atoms with Gasteiger partial charge in [-0.25, -0.2) is 13.4 Å². The quantitative estimate of drug-likeness (QED) is 0.696. The number of carbonyl (C=O) groups is 1. The van der Waals surface area contributed by atoms with Crippen molar-refractivity contribution in [3.8, 4) is 5.75 Å². The van der Waals surface area contributed by atoms with Crippen LogP contribution in [0, 0.1) is 0 Å². The summed E-state index contributed by atoms with van der Waals surface area (Å²) in [4.78, 5) is 16.0. The Kier molecular flexibility index (Phi) is 6.33. The molecule has 0 aliphatic carbocycles. The Morgan fingerprint density at radius 2 is 1.80 bits per heavy atom. The molecule has 0 bridgehead atoms. The van der Waals surface area contributed by atoms with Crippen LogP contribution in [-0.4, -0.2) is 42.3 Å². The molecule has 8 nitrogen and oxygen atoms in total. The Hall–Kier alpha value is -2.65. The smallest absolute Gasteiger partial charge is 0.262 e. The summed E-state index contributed by atoms with van der Waals surface area (Å²) >= 11 is 0. The Labute approximate surface area is 177 Å². The van der Waals surface area contributed by atoms with Crippen molar-refractivity contribution in [3.63, 3.8) is 0 Å². The van der Waals surface area contributed by atoms with Crippen LogP contribution in [0.2, 0.25) is 0 Å². The van der Waals surface area contributed by atoms with E-state index >= 15 is 0 Å². The van der Waals surface area contributed by atoms with Gasteiger partial charge in [-0.3, -0.25) is 4.79 Å². The summed E-state index contributed by atoms with van der Waals surface area (Å²) in [7, 11) is -3.62. The predicted molar refractivity (Wildman–Crippen MR) is 116 cm³/mol. The van der Waals surface area contributed by atoms with Crippen LogP contribution in [-0.2, 0) is 14.8 Å². The van der Waals surface area contributed by atoms with Crippen LogP contribution < -0.4 is 15.4 Å². The van der Waals surface area contributed by atoms with Crippen LogP contribution in [0.5, 0.6) is 5.75 Å². The van der Waals surface area contributed by atoms with Crippen LogP contribution in [0.25, 0.3) is 0 Å². The Balaban J connectivity index is 1.76. The minimum absolute atomic E-state index is 0.0182. The highest BCUT2D eigenvalue weighted by Crippen LogP contribution is 2.31. The minimum Gasteiger partial charge on any atom is -0.482 e. The summed E-state index contributed by atoms with van der Waals surface area (Å²) < 4.78 is 32.8. The van der Waals surface area contributed by atoms with E-state index in [0.717, 1.165) is 5.56 Å². The molecule has 1 atom stereocenters. The van der Waals surface area contributed by atoms with E-state index < -0.39 is 10.0 Å². The molecule has 162 valence electrons. The monoisotopic (exact) mass is 432 g/mol. The number of nitrogens with zero attached hydrogens (tertiary/aromatic N) is 2. The fourth-order valence-corrected chi connectivity index (χ4v) is 5.35. The summed E-state index contributed by atoms with van der Waals surface area (Å²) in [5, 5.41) is 6.05. The van der Waals surface area contributed by atoms with Crippen LogP contribution in [0.3, 0.4) is 0 Å². The number of sulfonamides is 1. The molecule has 0 spiro atoms. The first-order valence-corrected chi connectivity index (χ1v) is 11.4. The van der Waals surface area contributed by atoms with Gasteiger partial charge in [0.25, 0.3) is 5.91 Å². The van der Waals surface area contributed by atoms with Crippen molar-refractivity contribution >= 4 is 27.4 Å². The predicted octanol–water partition coefficient (Wildman–Crippen LogP) is 3.39. The molecule has 9 heteroatoms. The van der Waals surface area contributed by atoms with Crippen molar-refractivity contribution in [2.45, 2.75) is 57.6 Å². The molecule has 1 unspecified atom stereocenters. The molecule has 1 aliphatic rings. The molecule has 0 fully saturated rings. The molecule has 2 heterocycles. The Bertz CT molecular complexity index is 1010. The zero-order valence-electron chi connectivity index (χ0n) is 17.8. The number of pyridine rings is 1. The molecule has 0 saturated carbocycles. The number of carbonyl (C=O) groups excluding carboxylic acids is 1. The topological polar surface area (TPSA) is 101 Å². The standard InChI is InChI=1S/C21H28N4O4S/c1-13(2)25(14(3)4)30(27,28)17-7-9-20(22-11-17)23-15(5)16-6-8-19-18(10-16)24-21(26)12-29-19/h6-11,13-15H,12H2,1-5H3,(H,22,23)(H,24,26). The number of hydrogen-bond donors (Lipinski definition) is 2.